The van der Waals surface area contributed by atoms with Gasteiger partial charge in [-0.1, -0.05) is 164 Å². The molecule has 1 spiro atoms. The van der Waals surface area contributed by atoms with E-state index in [1.807, 2.05) is 0 Å². The molecule has 2 aliphatic rings. The van der Waals surface area contributed by atoms with Crippen LogP contribution in [0.4, 0.5) is 0 Å². The zero-order valence-electron chi connectivity index (χ0n) is 23.7. The summed E-state index contributed by atoms with van der Waals surface area (Å²) in [5, 5.41) is 0. The molecule has 0 heteroatoms. The van der Waals surface area contributed by atoms with Gasteiger partial charge >= 0.3 is 0 Å². The monoisotopic (exact) mass is 544 g/mol. The van der Waals surface area contributed by atoms with E-state index < -0.39 is 5.41 Å². The second-order valence-electron chi connectivity index (χ2n) is 11.6. The van der Waals surface area contributed by atoms with E-state index in [1.165, 1.54) is 77.9 Å². The topological polar surface area (TPSA) is 0 Å². The van der Waals surface area contributed by atoms with Gasteiger partial charge in [0.2, 0.25) is 0 Å². The van der Waals surface area contributed by atoms with Gasteiger partial charge in [-0.05, 0) is 84.0 Å². The predicted molar refractivity (Wildman–Crippen MR) is 179 cm³/mol. The predicted octanol–water partition coefficient (Wildman–Crippen LogP) is 11.0. The molecule has 0 unspecified atom stereocenters. The van der Waals surface area contributed by atoms with Crippen LogP contribution in [-0.4, -0.2) is 0 Å². The van der Waals surface area contributed by atoms with Crippen LogP contribution in [0.5, 0.6) is 0 Å². The summed E-state index contributed by atoms with van der Waals surface area (Å²) >= 11 is 0. The van der Waals surface area contributed by atoms with Gasteiger partial charge in [0.15, 0.2) is 0 Å². The van der Waals surface area contributed by atoms with E-state index in [9.17, 15) is 0 Å². The molecule has 43 heavy (non-hydrogen) atoms. The summed E-state index contributed by atoms with van der Waals surface area (Å²) in [5.41, 5.74) is 17.9. The third kappa shape index (κ3) is 3.27. The maximum absolute atomic E-state index is 2.53. The molecule has 0 saturated carbocycles. The molecule has 0 bridgehead atoms. The Bertz CT molecular complexity index is 2110. The largest absolute Gasteiger partial charge is 0.0725 e. The SMILES string of the molecule is c1ccc(-c2cc3c(c(-c4ccccc4)c2-c2ccccc2)-c2ccccc2C32c3ccccc3-c3ccccc32)cc1. The molecule has 0 amide bonds. The first-order valence-corrected chi connectivity index (χ1v) is 15.0. The minimum atomic E-state index is -0.401. The van der Waals surface area contributed by atoms with Crippen molar-refractivity contribution in [1.82, 2.24) is 0 Å². The highest BCUT2D eigenvalue weighted by Crippen LogP contribution is 2.65. The van der Waals surface area contributed by atoms with Crippen LogP contribution >= 0.6 is 0 Å². The van der Waals surface area contributed by atoms with Crippen molar-refractivity contribution >= 4 is 0 Å². The van der Waals surface area contributed by atoms with Gasteiger partial charge in [-0.3, -0.25) is 0 Å². The van der Waals surface area contributed by atoms with E-state index in [0.717, 1.165) is 0 Å². The average molecular weight is 545 g/mol. The van der Waals surface area contributed by atoms with Crippen molar-refractivity contribution in [3.8, 4) is 55.6 Å². The Kier molecular flexibility index (Phi) is 5.21. The molecular formula is C43H28. The molecule has 0 aliphatic heterocycles. The van der Waals surface area contributed by atoms with Crippen molar-refractivity contribution in [2.75, 3.05) is 0 Å². The van der Waals surface area contributed by atoms with Gasteiger partial charge in [-0.25, -0.2) is 0 Å². The molecule has 0 nitrogen and oxygen atoms in total. The van der Waals surface area contributed by atoms with E-state index in [1.54, 1.807) is 0 Å². The summed E-state index contributed by atoms with van der Waals surface area (Å²) in [7, 11) is 0. The third-order valence-electron chi connectivity index (χ3n) is 9.49. The summed E-state index contributed by atoms with van der Waals surface area (Å²) < 4.78 is 0. The fourth-order valence-corrected chi connectivity index (χ4v) is 7.89. The second-order valence-corrected chi connectivity index (χ2v) is 11.6. The van der Waals surface area contributed by atoms with Gasteiger partial charge in [0, 0.05) is 0 Å². The van der Waals surface area contributed by atoms with E-state index in [4.69, 9.17) is 0 Å². The Morgan fingerprint density at radius 2 is 0.651 bits per heavy atom. The number of hydrogen-bond acceptors (Lipinski definition) is 0. The van der Waals surface area contributed by atoms with Crippen LogP contribution in [0, 0.1) is 0 Å². The van der Waals surface area contributed by atoms with E-state index >= 15 is 0 Å². The molecule has 200 valence electrons. The summed E-state index contributed by atoms with van der Waals surface area (Å²) in [5.74, 6) is 0. The van der Waals surface area contributed by atoms with Crippen molar-refractivity contribution in [2.45, 2.75) is 5.41 Å². The highest BCUT2D eigenvalue weighted by atomic mass is 14.5. The van der Waals surface area contributed by atoms with Gasteiger partial charge in [-0.15, -0.1) is 0 Å². The van der Waals surface area contributed by atoms with Crippen LogP contribution in [0.25, 0.3) is 55.6 Å². The molecule has 2 aliphatic carbocycles. The molecule has 0 fully saturated rings. The van der Waals surface area contributed by atoms with Crippen molar-refractivity contribution in [3.05, 3.63) is 192 Å². The number of rotatable bonds is 3. The summed E-state index contributed by atoms with van der Waals surface area (Å²) in [6.07, 6.45) is 0. The Balaban J connectivity index is 1.54. The fraction of sp³-hybridized carbons (Fsp3) is 0.0233. The van der Waals surface area contributed by atoms with Crippen LogP contribution in [-0.2, 0) is 5.41 Å². The average Bonchev–Trinajstić information content (AvgIpc) is 3.56. The first kappa shape index (κ1) is 24.2. The highest BCUT2D eigenvalue weighted by molar-refractivity contribution is 6.08. The number of benzene rings is 7. The lowest BCUT2D eigenvalue weighted by Gasteiger charge is -2.31. The Morgan fingerprint density at radius 3 is 1.19 bits per heavy atom. The summed E-state index contributed by atoms with van der Waals surface area (Å²) in [6, 6.07) is 62.7. The zero-order chi connectivity index (χ0) is 28.4. The van der Waals surface area contributed by atoms with Crippen LogP contribution in [0.15, 0.2) is 170 Å². The molecule has 0 heterocycles. The molecule has 0 N–H and O–H groups in total. The van der Waals surface area contributed by atoms with Crippen LogP contribution in [0.2, 0.25) is 0 Å². The van der Waals surface area contributed by atoms with Crippen LogP contribution in [0.3, 0.4) is 0 Å². The maximum atomic E-state index is 2.53. The Hall–Kier alpha value is -5.46. The molecule has 9 rings (SSSR count). The Morgan fingerprint density at radius 1 is 0.256 bits per heavy atom. The van der Waals surface area contributed by atoms with Gasteiger partial charge in [0.05, 0.1) is 5.41 Å². The smallest absolute Gasteiger partial charge is 0.0622 e. The maximum Gasteiger partial charge on any atom is 0.0725 e. The van der Waals surface area contributed by atoms with Crippen molar-refractivity contribution in [1.29, 1.82) is 0 Å². The summed E-state index contributed by atoms with van der Waals surface area (Å²) in [4.78, 5) is 0. The lowest BCUT2D eigenvalue weighted by molar-refractivity contribution is 0.794. The van der Waals surface area contributed by atoms with Gasteiger partial charge in [0.1, 0.15) is 0 Å². The van der Waals surface area contributed by atoms with E-state index in [-0.39, 0.29) is 0 Å². The van der Waals surface area contributed by atoms with Crippen LogP contribution < -0.4 is 0 Å². The molecule has 0 atom stereocenters. The van der Waals surface area contributed by atoms with E-state index in [0.29, 0.717) is 0 Å². The number of fused-ring (bicyclic) bond motifs is 10. The highest BCUT2D eigenvalue weighted by Gasteiger charge is 2.52. The molecule has 0 aromatic heterocycles. The van der Waals surface area contributed by atoms with Gasteiger partial charge in [0.25, 0.3) is 0 Å². The standard InChI is InChI=1S/C43H28/c1-4-16-29(17-5-1)35-28-39-42(41(31-20-8-3-9-21-31)40(35)30-18-6-2-7-19-30)34-24-12-15-27-38(34)43(39)36-25-13-10-22-32(36)33-23-11-14-26-37(33)43/h1-28H. The second kappa shape index (κ2) is 9.28. The third-order valence-corrected chi connectivity index (χ3v) is 9.49. The minimum absolute atomic E-state index is 0.401. The Labute approximate surface area is 252 Å². The fourth-order valence-electron chi connectivity index (χ4n) is 7.89. The van der Waals surface area contributed by atoms with Crippen LogP contribution in [0.1, 0.15) is 22.3 Å². The van der Waals surface area contributed by atoms with Gasteiger partial charge in [-0.2, -0.15) is 0 Å². The molecule has 7 aromatic carbocycles. The van der Waals surface area contributed by atoms with Crippen molar-refractivity contribution in [3.63, 3.8) is 0 Å². The van der Waals surface area contributed by atoms with Crippen molar-refractivity contribution in [2.24, 2.45) is 0 Å². The van der Waals surface area contributed by atoms with Gasteiger partial charge < -0.3 is 0 Å². The normalized spacial score (nSPS) is 13.3. The molecular weight excluding hydrogens is 516 g/mol. The molecule has 0 radical (unpaired) electrons. The molecule has 7 aromatic rings. The first-order valence-electron chi connectivity index (χ1n) is 15.0. The molecule has 0 saturated heterocycles. The lowest BCUT2D eigenvalue weighted by atomic mass is 9.69. The van der Waals surface area contributed by atoms with Crippen molar-refractivity contribution < 1.29 is 0 Å². The first-order chi connectivity index (χ1) is 21.4. The zero-order valence-corrected chi connectivity index (χ0v) is 23.7. The number of hydrogen-bond donors (Lipinski definition) is 0. The lowest BCUT2D eigenvalue weighted by Crippen LogP contribution is -2.26. The summed E-state index contributed by atoms with van der Waals surface area (Å²) in [6.45, 7) is 0. The van der Waals surface area contributed by atoms with E-state index in [2.05, 4.69) is 170 Å². The quantitative estimate of drug-likeness (QED) is 0.207. The minimum Gasteiger partial charge on any atom is -0.0622 e.